The molecule has 1 atom stereocenters. The number of aromatic nitrogens is 4. The fourth-order valence-electron chi connectivity index (χ4n) is 2.76. The van der Waals surface area contributed by atoms with Gasteiger partial charge in [0.15, 0.2) is 0 Å². The molecule has 1 saturated heterocycles. The van der Waals surface area contributed by atoms with E-state index < -0.39 is 0 Å². The minimum absolute atomic E-state index is 0.526. The Morgan fingerprint density at radius 2 is 2.33 bits per heavy atom. The Balaban J connectivity index is 1.63. The summed E-state index contributed by atoms with van der Waals surface area (Å²) in [5.74, 6) is 0. The molecule has 21 heavy (non-hydrogen) atoms. The monoisotopic (exact) mass is 307 g/mol. The van der Waals surface area contributed by atoms with E-state index in [1.807, 2.05) is 30.1 Å². The van der Waals surface area contributed by atoms with E-state index in [2.05, 4.69) is 20.2 Å². The first-order chi connectivity index (χ1) is 10.3. The number of hydrogen-bond acceptors (Lipinski definition) is 6. The average molecular weight is 307 g/mol. The highest BCUT2D eigenvalue weighted by atomic mass is 32.1. The normalized spacial score (nSPS) is 19.8. The molecule has 0 unspecified atom stereocenters. The molecule has 0 amide bonds. The van der Waals surface area contributed by atoms with Crippen LogP contribution in [-0.2, 0) is 13.1 Å². The third-order valence-electron chi connectivity index (χ3n) is 3.76. The summed E-state index contributed by atoms with van der Waals surface area (Å²) in [6, 6.07) is 2.50. The molecule has 1 aliphatic rings. The summed E-state index contributed by atoms with van der Waals surface area (Å²) in [6.45, 7) is 5.53. The molecule has 2 aromatic heterocycles. The van der Waals surface area contributed by atoms with Crippen LogP contribution in [0.5, 0.6) is 5.19 Å². The summed E-state index contributed by atoms with van der Waals surface area (Å²) in [5.41, 5.74) is 0. The summed E-state index contributed by atoms with van der Waals surface area (Å²) in [4.78, 5) is 2.50. The number of piperidine rings is 1. The SMILES string of the molecule is CCOc1nnc(CN2CCCC[C@@H]2Cn2cccn2)s1. The second-order valence-electron chi connectivity index (χ2n) is 5.24. The lowest BCUT2D eigenvalue weighted by Gasteiger charge is -2.34. The van der Waals surface area contributed by atoms with Gasteiger partial charge in [0.25, 0.3) is 5.19 Å². The van der Waals surface area contributed by atoms with Crippen LogP contribution in [0.25, 0.3) is 0 Å². The van der Waals surface area contributed by atoms with Crippen molar-refractivity contribution in [2.75, 3.05) is 13.2 Å². The number of nitrogens with zero attached hydrogens (tertiary/aromatic N) is 5. The van der Waals surface area contributed by atoms with Crippen LogP contribution in [0.2, 0.25) is 0 Å². The smallest absolute Gasteiger partial charge is 0.294 e. The Morgan fingerprint density at radius 1 is 1.38 bits per heavy atom. The molecule has 7 heteroatoms. The largest absolute Gasteiger partial charge is 0.469 e. The van der Waals surface area contributed by atoms with Crippen molar-refractivity contribution < 1.29 is 4.74 Å². The van der Waals surface area contributed by atoms with E-state index in [9.17, 15) is 0 Å². The minimum atomic E-state index is 0.526. The van der Waals surface area contributed by atoms with Crippen LogP contribution < -0.4 is 4.74 Å². The first-order valence-corrected chi connectivity index (χ1v) is 8.33. The molecule has 0 N–H and O–H groups in total. The minimum Gasteiger partial charge on any atom is -0.469 e. The fourth-order valence-corrected chi connectivity index (χ4v) is 3.53. The molecular formula is C14H21N5OS. The molecule has 0 aliphatic carbocycles. The van der Waals surface area contributed by atoms with E-state index in [1.165, 1.54) is 19.3 Å². The summed E-state index contributed by atoms with van der Waals surface area (Å²) < 4.78 is 7.42. The fraction of sp³-hybridized carbons (Fsp3) is 0.643. The molecule has 3 heterocycles. The van der Waals surface area contributed by atoms with Gasteiger partial charge in [-0.2, -0.15) is 5.10 Å². The van der Waals surface area contributed by atoms with Gasteiger partial charge in [-0.05, 0) is 32.4 Å². The highest BCUT2D eigenvalue weighted by Gasteiger charge is 2.24. The van der Waals surface area contributed by atoms with Crippen LogP contribution in [0.4, 0.5) is 0 Å². The van der Waals surface area contributed by atoms with Crippen LogP contribution in [-0.4, -0.2) is 44.1 Å². The second kappa shape index (κ2) is 7.00. The lowest BCUT2D eigenvalue weighted by molar-refractivity contribution is 0.121. The Bertz CT molecular complexity index is 541. The summed E-state index contributed by atoms with van der Waals surface area (Å²) in [7, 11) is 0. The Hall–Kier alpha value is -1.47. The van der Waals surface area contributed by atoms with Gasteiger partial charge in [-0.3, -0.25) is 9.58 Å². The zero-order valence-electron chi connectivity index (χ0n) is 12.3. The van der Waals surface area contributed by atoms with Gasteiger partial charge >= 0.3 is 0 Å². The molecule has 2 aromatic rings. The van der Waals surface area contributed by atoms with Crippen LogP contribution in [0, 0.1) is 0 Å². The second-order valence-corrected chi connectivity index (χ2v) is 6.27. The van der Waals surface area contributed by atoms with Crippen molar-refractivity contribution in [1.82, 2.24) is 24.9 Å². The van der Waals surface area contributed by atoms with Crippen molar-refractivity contribution >= 4 is 11.3 Å². The van der Waals surface area contributed by atoms with Crippen molar-refractivity contribution in [3.63, 3.8) is 0 Å². The van der Waals surface area contributed by atoms with Gasteiger partial charge in [-0.1, -0.05) is 17.8 Å². The molecular weight excluding hydrogens is 286 g/mol. The van der Waals surface area contributed by atoms with Crippen molar-refractivity contribution in [2.24, 2.45) is 0 Å². The Morgan fingerprint density at radius 3 is 3.14 bits per heavy atom. The average Bonchev–Trinajstić information content (AvgIpc) is 3.14. The van der Waals surface area contributed by atoms with Gasteiger partial charge in [-0.15, -0.1) is 10.2 Å². The molecule has 0 bridgehead atoms. The van der Waals surface area contributed by atoms with Crippen LogP contribution in [0.3, 0.4) is 0 Å². The van der Waals surface area contributed by atoms with Gasteiger partial charge in [-0.25, -0.2) is 0 Å². The predicted molar refractivity (Wildman–Crippen MR) is 81.4 cm³/mol. The van der Waals surface area contributed by atoms with Gasteiger partial charge in [0.05, 0.1) is 19.7 Å². The quantitative estimate of drug-likeness (QED) is 0.819. The highest BCUT2D eigenvalue weighted by Crippen LogP contribution is 2.24. The molecule has 3 rings (SSSR count). The third kappa shape index (κ3) is 3.79. The lowest BCUT2D eigenvalue weighted by atomic mass is 10.0. The van der Waals surface area contributed by atoms with Crippen molar-refractivity contribution in [3.05, 3.63) is 23.5 Å². The summed E-state index contributed by atoms with van der Waals surface area (Å²) in [6.07, 6.45) is 7.64. The third-order valence-corrected chi connectivity index (χ3v) is 4.58. The first kappa shape index (κ1) is 14.5. The van der Waals surface area contributed by atoms with E-state index in [0.717, 1.165) is 24.6 Å². The van der Waals surface area contributed by atoms with Crippen LogP contribution >= 0.6 is 11.3 Å². The number of likely N-dealkylation sites (tertiary alicyclic amines) is 1. The molecule has 0 radical (unpaired) electrons. The van der Waals surface area contributed by atoms with E-state index in [1.54, 1.807) is 11.3 Å². The zero-order valence-corrected chi connectivity index (χ0v) is 13.1. The van der Waals surface area contributed by atoms with Gasteiger partial charge in [0, 0.05) is 18.4 Å². The summed E-state index contributed by atoms with van der Waals surface area (Å²) >= 11 is 1.55. The van der Waals surface area contributed by atoms with Gasteiger partial charge in [0.2, 0.25) is 0 Å². The molecule has 6 nitrogen and oxygen atoms in total. The maximum Gasteiger partial charge on any atom is 0.294 e. The molecule has 114 valence electrons. The molecule has 0 aromatic carbocycles. The maximum atomic E-state index is 5.40. The van der Waals surface area contributed by atoms with Crippen molar-refractivity contribution in [3.8, 4) is 5.19 Å². The van der Waals surface area contributed by atoms with E-state index in [0.29, 0.717) is 17.8 Å². The summed E-state index contributed by atoms with van der Waals surface area (Å²) in [5, 5.41) is 14.3. The topological polar surface area (TPSA) is 56.1 Å². The molecule has 0 saturated carbocycles. The van der Waals surface area contributed by atoms with Crippen molar-refractivity contribution in [1.29, 1.82) is 0 Å². The lowest BCUT2D eigenvalue weighted by Crippen LogP contribution is -2.41. The van der Waals surface area contributed by atoms with Gasteiger partial charge in [0.1, 0.15) is 5.01 Å². The molecule has 1 aliphatic heterocycles. The highest BCUT2D eigenvalue weighted by molar-refractivity contribution is 7.13. The van der Waals surface area contributed by atoms with Gasteiger partial charge < -0.3 is 4.74 Å². The standard InChI is InChI=1S/C14H21N5OS/c1-2-20-14-17-16-13(21-14)11-18-8-4-3-6-12(18)10-19-9-5-7-15-19/h5,7,9,12H,2-4,6,8,10-11H2,1H3/t12-/m1/s1. The van der Waals surface area contributed by atoms with Crippen LogP contribution in [0.1, 0.15) is 31.2 Å². The van der Waals surface area contributed by atoms with E-state index in [-0.39, 0.29) is 0 Å². The maximum absolute atomic E-state index is 5.40. The van der Waals surface area contributed by atoms with E-state index in [4.69, 9.17) is 4.74 Å². The Kier molecular flexibility index (Phi) is 4.82. The van der Waals surface area contributed by atoms with Crippen molar-refractivity contribution in [2.45, 2.75) is 45.3 Å². The zero-order chi connectivity index (χ0) is 14.5. The number of ether oxygens (including phenoxy) is 1. The van der Waals surface area contributed by atoms with E-state index >= 15 is 0 Å². The first-order valence-electron chi connectivity index (χ1n) is 7.52. The number of rotatable bonds is 6. The molecule has 0 spiro atoms. The number of hydrogen-bond donors (Lipinski definition) is 0. The van der Waals surface area contributed by atoms with Crippen LogP contribution in [0.15, 0.2) is 18.5 Å². The Labute approximate surface area is 128 Å². The predicted octanol–water partition coefficient (Wildman–Crippen LogP) is 2.19. The molecule has 1 fully saturated rings.